The molecule has 4 heteroatoms. The lowest BCUT2D eigenvalue weighted by Gasteiger charge is -2.24. The summed E-state index contributed by atoms with van der Waals surface area (Å²) in [6.45, 7) is 9.10. The van der Waals surface area contributed by atoms with E-state index in [2.05, 4.69) is 27.7 Å². The van der Waals surface area contributed by atoms with Gasteiger partial charge in [0, 0.05) is 19.5 Å². The van der Waals surface area contributed by atoms with Gasteiger partial charge in [-0.25, -0.2) is 0 Å². The van der Waals surface area contributed by atoms with Crippen molar-refractivity contribution in [3.8, 4) is 0 Å². The van der Waals surface area contributed by atoms with E-state index in [-0.39, 0.29) is 24.4 Å². The highest BCUT2D eigenvalue weighted by Gasteiger charge is 2.33. The molecule has 0 aromatic rings. The second-order valence-electron chi connectivity index (χ2n) is 6.51. The fraction of sp³-hybridized carbons (Fsp3) is 0.923. The minimum Gasteiger partial charge on any atom is -0.388 e. The Morgan fingerprint density at radius 1 is 1.29 bits per heavy atom. The van der Waals surface area contributed by atoms with Gasteiger partial charge in [-0.1, -0.05) is 27.7 Å². The summed E-state index contributed by atoms with van der Waals surface area (Å²) >= 11 is 0. The van der Waals surface area contributed by atoms with E-state index in [0.717, 1.165) is 6.42 Å². The minimum absolute atomic E-state index is 0.0392. The summed E-state index contributed by atoms with van der Waals surface area (Å²) in [4.78, 5) is 13.5. The number of β-amino-alcohol motifs (C(OH)–C–C–N with tert-alkyl or cyclic N) is 2. The maximum atomic E-state index is 11.9. The monoisotopic (exact) mass is 243 g/mol. The lowest BCUT2D eigenvalue weighted by molar-refractivity contribution is -0.131. The molecule has 17 heavy (non-hydrogen) atoms. The molecule has 1 fully saturated rings. The van der Waals surface area contributed by atoms with Crippen LogP contribution in [0.5, 0.6) is 0 Å². The molecule has 0 bridgehead atoms. The standard InChI is InChI=1S/C13H25NO3/c1-9(6-13(2,3)4)5-12(17)14-7-10(15)11(16)8-14/h9-11,15-16H,5-8H2,1-4H3. The van der Waals surface area contributed by atoms with Gasteiger partial charge in [0.1, 0.15) is 0 Å². The van der Waals surface area contributed by atoms with E-state index in [0.29, 0.717) is 12.3 Å². The van der Waals surface area contributed by atoms with Crippen molar-refractivity contribution >= 4 is 5.91 Å². The summed E-state index contributed by atoms with van der Waals surface area (Å²) in [6.07, 6.45) is -0.0669. The van der Waals surface area contributed by atoms with Gasteiger partial charge in [0.25, 0.3) is 0 Å². The predicted octanol–water partition coefficient (Wildman–Crippen LogP) is 1.01. The Morgan fingerprint density at radius 2 is 1.76 bits per heavy atom. The van der Waals surface area contributed by atoms with Crippen LogP contribution in [-0.4, -0.2) is 46.3 Å². The first-order valence-electron chi connectivity index (χ1n) is 6.33. The lowest BCUT2D eigenvalue weighted by atomic mass is 9.84. The van der Waals surface area contributed by atoms with Gasteiger partial charge in [-0.2, -0.15) is 0 Å². The van der Waals surface area contributed by atoms with Crippen LogP contribution in [0.4, 0.5) is 0 Å². The molecule has 1 aliphatic rings. The molecule has 1 rings (SSSR count). The van der Waals surface area contributed by atoms with Crippen LogP contribution >= 0.6 is 0 Å². The number of aliphatic hydroxyl groups excluding tert-OH is 2. The Labute approximate surface area is 104 Å². The molecule has 0 spiro atoms. The lowest BCUT2D eigenvalue weighted by Crippen LogP contribution is -2.31. The highest BCUT2D eigenvalue weighted by molar-refractivity contribution is 5.76. The van der Waals surface area contributed by atoms with Crippen LogP contribution in [0.3, 0.4) is 0 Å². The van der Waals surface area contributed by atoms with Gasteiger partial charge < -0.3 is 15.1 Å². The van der Waals surface area contributed by atoms with Crippen molar-refractivity contribution in [3.05, 3.63) is 0 Å². The topological polar surface area (TPSA) is 60.8 Å². The molecule has 1 amide bonds. The maximum absolute atomic E-state index is 11.9. The molecular formula is C13H25NO3. The molecule has 0 radical (unpaired) electrons. The zero-order chi connectivity index (χ0) is 13.2. The van der Waals surface area contributed by atoms with E-state index >= 15 is 0 Å². The average molecular weight is 243 g/mol. The number of carbonyl (C=O) groups excluding carboxylic acids is 1. The Kier molecular flexibility index (Phi) is 4.55. The van der Waals surface area contributed by atoms with Crippen LogP contribution in [0, 0.1) is 11.3 Å². The Hall–Kier alpha value is -0.610. The van der Waals surface area contributed by atoms with Crippen LogP contribution in [0.25, 0.3) is 0 Å². The second kappa shape index (κ2) is 5.36. The number of hydrogen-bond acceptors (Lipinski definition) is 3. The van der Waals surface area contributed by atoms with E-state index in [9.17, 15) is 15.0 Å². The van der Waals surface area contributed by atoms with Crippen LogP contribution in [0.1, 0.15) is 40.5 Å². The van der Waals surface area contributed by atoms with Crippen molar-refractivity contribution < 1.29 is 15.0 Å². The molecule has 0 aromatic carbocycles. The molecule has 4 nitrogen and oxygen atoms in total. The molecule has 1 heterocycles. The fourth-order valence-electron chi connectivity index (χ4n) is 2.52. The van der Waals surface area contributed by atoms with Crippen molar-refractivity contribution in [3.63, 3.8) is 0 Å². The van der Waals surface area contributed by atoms with E-state index in [1.165, 1.54) is 0 Å². The average Bonchev–Trinajstić information content (AvgIpc) is 2.43. The molecule has 2 N–H and O–H groups in total. The first kappa shape index (κ1) is 14.5. The Bertz CT molecular complexity index is 262. The molecule has 3 unspecified atom stereocenters. The van der Waals surface area contributed by atoms with Crippen molar-refractivity contribution in [1.82, 2.24) is 4.90 Å². The van der Waals surface area contributed by atoms with Crippen LogP contribution in [0.2, 0.25) is 0 Å². The minimum atomic E-state index is -0.781. The number of likely N-dealkylation sites (tertiary alicyclic amines) is 1. The van der Waals surface area contributed by atoms with E-state index in [1.807, 2.05) is 0 Å². The Balaban J connectivity index is 2.40. The van der Waals surface area contributed by atoms with Gasteiger partial charge >= 0.3 is 0 Å². The van der Waals surface area contributed by atoms with Crippen LogP contribution < -0.4 is 0 Å². The first-order valence-corrected chi connectivity index (χ1v) is 6.33. The Morgan fingerprint density at radius 3 is 2.18 bits per heavy atom. The zero-order valence-corrected chi connectivity index (χ0v) is 11.3. The summed E-state index contributed by atoms with van der Waals surface area (Å²) in [7, 11) is 0. The quantitative estimate of drug-likeness (QED) is 0.778. The summed E-state index contributed by atoms with van der Waals surface area (Å²) in [5.74, 6) is 0.370. The largest absolute Gasteiger partial charge is 0.388 e. The number of hydrogen-bond donors (Lipinski definition) is 2. The highest BCUT2D eigenvalue weighted by Crippen LogP contribution is 2.26. The number of nitrogens with zero attached hydrogens (tertiary/aromatic N) is 1. The number of aliphatic hydroxyl groups is 2. The molecule has 1 aliphatic heterocycles. The number of amides is 1. The van der Waals surface area contributed by atoms with Gasteiger partial charge in [-0.05, 0) is 17.8 Å². The summed E-state index contributed by atoms with van der Waals surface area (Å²) in [5.41, 5.74) is 0.226. The van der Waals surface area contributed by atoms with Crippen LogP contribution in [0.15, 0.2) is 0 Å². The third kappa shape index (κ3) is 4.64. The highest BCUT2D eigenvalue weighted by atomic mass is 16.3. The molecule has 1 saturated heterocycles. The number of carbonyl (C=O) groups is 1. The van der Waals surface area contributed by atoms with Gasteiger partial charge in [0.05, 0.1) is 12.2 Å². The third-order valence-corrected chi connectivity index (χ3v) is 3.10. The maximum Gasteiger partial charge on any atom is 0.223 e. The van der Waals surface area contributed by atoms with E-state index in [4.69, 9.17) is 0 Å². The van der Waals surface area contributed by atoms with Crippen molar-refractivity contribution in [2.75, 3.05) is 13.1 Å². The van der Waals surface area contributed by atoms with Crippen LogP contribution in [-0.2, 0) is 4.79 Å². The van der Waals surface area contributed by atoms with Crippen molar-refractivity contribution in [2.24, 2.45) is 11.3 Å². The van der Waals surface area contributed by atoms with Gasteiger partial charge in [0.15, 0.2) is 0 Å². The molecule has 0 aromatic heterocycles. The van der Waals surface area contributed by atoms with Gasteiger partial charge in [-0.3, -0.25) is 4.79 Å². The van der Waals surface area contributed by atoms with Gasteiger partial charge in [-0.15, -0.1) is 0 Å². The van der Waals surface area contributed by atoms with Gasteiger partial charge in [0.2, 0.25) is 5.91 Å². The summed E-state index contributed by atoms with van der Waals surface area (Å²) in [5, 5.41) is 18.8. The van der Waals surface area contributed by atoms with Crippen molar-refractivity contribution in [2.45, 2.75) is 52.7 Å². The molecule has 100 valence electrons. The normalized spacial score (nSPS) is 27.3. The molecular weight excluding hydrogens is 218 g/mol. The molecule has 0 saturated carbocycles. The third-order valence-electron chi connectivity index (χ3n) is 3.10. The summed E-state index contributed by atoms with van der Waals surface area (Å²) in [6, 6.07) is 0. The fourth-order valence-corrected chi connectivity index (χ4v) is 2.52. The molecule has 0 aliphatic carbocycles. The predicted molar refractivity (Wildman–Crippen MR) is 66.4 cm³/mol. The SMILES string of the molecule is CC(CC(=O)N1CC(O)C(O)C1)CC(C)(C)C. The summed E-state index contributed by atoms with van der Waals surface area (Å²) < 4.78 is 0. The molecule has 3 atom stereocenters. The van der Waals surface area contributed by atoms with E-state index < -0.39 is 12.2 Å². The first-order chi connectivity index (χ1) is 7.69. The van der Waals surface area contributed by atoms with E-state index in [1.54, 1.807) is 4.90 Å². The number of rotatable bonds is 3. The smallest absolute Gasteiger partial charge is 0.223 e. The van der Waals surface area contributed by atoms with Crippen molar-refractivity contribution in [1.29, 1.82) is 0 Å². The zero-order valence-electron chi connectivity index (χ0n) is 11.3. The second-order valence-corrected chi connectivity index (χ2v) is 6.51.